The van der Waals surface area contributed by atoms with E-state index in [-0.39, 0.29) is 6.71 Å². The van der Waals surface area contributed by atoms with E-state index in [0.29, 0.717) is 0 Å². The van der Waals surface area contributed by atoms with Gasteiger partial charge in [-0.2, -0.15) is 0 Å². The second kappa shape index (κ2) is 9.67. The molecule has 0 saturated carbocycles. The van der Waals surface area contributed by atoms with Crippen molar-refractivity contribution in [1.82, 2.24) is 0 Å². The number of fused-ring (bicyclic) bond motifs is 4. The fourth-order valence-electron chi connectivity index (χ4n) is 6.98. The molecule has 5 aromatic carbocycles. The van der Waals surface area contributed by atoms with Crippen LogP contribution in [0.5, 0.6) is 23.0 Å². The number of ether oxygens (including phenoxy) is 2. The molecule has 2 aliphatic heterocycles. The fraction of sp³-hybridized carbons (Fsp3) is 0.128. The minimum atomic E-state index is -0.0103. The van der Waals surface area contributed by atoms with Gasteiger partial charge >= 0.3 is 0 Å². The first-order chi connectivity index (χ1) is 20.6. The molecule has 0 aromatic heterocycles. The number of rotatable bonds is 3. The van der Waals surface area contributed by atoms with Crippen LogP contribution >= 0.6 is 0 Å². The summed E-state index contributed by atoms with van der Waals surface area (Å²) in [7, 11) is 0. The zero-order valence-corrected chi connectivity index (χ0v) is 24.2. The molecular weight excluding hydrogens is 511 g/mol. The Labute approximate surface area is 248 Å². The van der Waals surface area contributed by atoms with Crippen molar-refractivity contribution in [2.45, 2.75) is 33.6 Å². The number of hydrogen-bond acceptors (Lipinski definition) is 2. The second-order valence-electron chi connectivity index (χ2n) is 11.7. The Morgan fingerprint density at radius 2 is 1.33 bits per heavy atom. The molecule has 8 rings (SSSR count). The van der Waals surface area contributed by atoms with Gasteiger partial charge in [-0.3, -0.25) is 0 Å². The lowest BCUT2D eigenvalue weighted by molar-refractivity contribution is 0.465. The second-order valence-corrected chi connectivity index (χ2v) is 11.7. The molecule has 2 heterocycles. The first-order valence-electron chi connectivity index (χ1n) is 14.9. The van der Waals surface area contributed by atoms with Crippen molar-refractivity contribution in [2.24, 2.45) is 0 Å². The molecule has 3 heteroatoms. The van der Waals surface area contributed by atoms with E-state index in [1.54, 1.807) is 0 Å². The van der Waals surface area contributed by atoms with Crippen LogP contribution in [-0.2, 0) is 0 Å². The summed E-state index contributed by atoms with van der Waals surface area (Å²) in [5, 5.41) is 0. The van der Waals surface area contributed by atoms with Gasteiger partial charge < -0.3 is 9.47 Å². The average Bonchev–Trinajstić information content (AvgIpc) is 3.01. The number of para-hydroxylation sites is 1. The molecule has 42 heavy (non-hydrogen) atoms. The topological polar surface area (TPSA) is 18.5 Å². The van der Waals surface area contributed by atoms with Crippen LogP contribution in [0.25, 0.3) is 27.8 Å². The lowest BCUT2D eigenvalue weighted by atomic mass is 9.34. The highest BCUT2D eigenvalue weighted by atomic mass is 16.5. The summed E-state index contributed by atoms with van der Waals surface area (Å²) in [4.78, 5) is 0. The SMILES string of the molecule is CC1=C(c2cccc3c2Oc2c(-c4ccccc4C)ccc4c2B3c2cc(-c3ccccc3C)ccc2O4)C=CCC1. The van der Waals surface area contributed by atoms with E-state index < -0.39 is 0 Å². The van der Waals surface area contributed by atoms with Gasteiger partial charge in [-0.05, 0) is 96.1 Å². The number of aryl methyl sites for hydroxylation is 2. The van der Waals surface area contributed by atoms with E-state index in [1.165, 1.54) is 49.9 Å². The number of allylic oxidation sites excluding steroid dienone is 4. The van der Waals surface area contributed by atoms with Crippen molar-refractivity contribution in [1.29, 1.82) is 0 Å². The molecule has 0 amide bonds. The van der Waals surface area contributed by atoms with Gasteiger partial charge in [0, 0.05) is 16.6 Å². The molecular formula is C39H31BO2. The van der Waals surface area contributed by atoms with Gasteiger partial charge in [-0.15, -0.1) is 0 Å². The molecule has 0 bridgehead atoms. The van der Waals surface area contributed by atoms with Crippen LogP contribution in [0.1, 0.15) is 36.5 Å². The monoisotopic (exact) mass is 542 g/mol. The first-order valence-corrected chi connectivity index (χ1v) is 14.9. The van der Waals surface area contributed by atoms with E-state index >= 15 is 0 Å². The smallest absolute Gasteiger partial charge is 0.260 e. The Morgan fingerprint density at radius 3 is 2.12 bits per heavy atom. The Morgan fingerprint density at radius 1 is 0.595 bits per heavy atom. The minimum absolute atomic E-state index is 0.0103. The Balaban J connectivity index is 1.42. The number of benzene rings is 5. The van der Waals surface area contributed by atoms with Crippen molar-refractivity contribution in [3.8, 4) is 45.3 Å². The molecule has 202 valence electrons. The summed E-state index contributed by atoms with van der Waals surface area (Å²) >= 11 is 0. The molecule has 0 fully saturated rings. The van der Waals surface area contributed by atoms with E-state index in [4.69, 9.17) is 9.47 Å². The van der Waals surface area contributed by atoms with Gasteiger partial charge in [0.05, 0.1) is 0 Å². The highest BCUT2D eigenvalue weighted by Gasteiger charge is 2.42. The highest BCUT2D eigenvalue weighted by molar-refractivity contribution is 6.98. The van der Waals surface area contributed by atoms with Gasteiger partial charge in [0.2, 0.25) is 0 Å². The predicted molar refractivity (Wildman–Crippen MR) is 175 cm³/mol. The fourth-order valence-corrected chi connectivity index (χ4v) is 6.98. The molecule has 0 unspecified atom stereocenters. The summed E-state index contributed by atoms with van der Waals surface area (Å²) in [6, 6.07) is 34.8. The van der Waals surface area contributed by atoms with Crippen LogP contribution in [0.2, 0.25) is 0 Å². The van der Waals surface area contributed by atoms with Crippen LogP contribution in [0.4, 0.5) is 0 Å². The summed E-state index contributed by atoms with van der Waals surface area (Å²) in [6.07, 6.45) is 6.72. The van der Waals surface area contributed by atoms with Crippen LogP contribution in [0, 0.1) is 13.8 Å². The molecule has 0 saturated heterocycles. The van der Waals surface area contributed by atoms with Crippen LogP contribution < -0.4 is 25.9 Å². The van der Waals surface area contributed by atoms with Gasteiger partial charge in [-0.25, -0.2) is 0 Å². The van der Waals surface area contributed by atoms with E-state index in [2.05, 4.69) is 130 Å². The number of hydrogen-bond donors (Lipinski definition) is 0. The third-order valence-corrected chi connectivity index (χ3v) is 9.16. The zero-order chi connectivity index (χ0) is 28.4. The minimum Gasteiger partial charge on any atom is -0.458 e. The molecule has 1 aliphatic carbocycles. The Bertz CT molecular complexity index is 1980. The van der Waals surface area contributed by atoms with Crippen molar-refractivity contribution in [3.63, 3.8) is 0 Å². The molecule has 0 atom stereocenters. The summed E-state index contributed by atoms with van der Waals surface area (Å²) in [5.74, 6) is 3.63. The molecule has 2 nitrogen and oxygen atoms in total. The predicted octanol–water partition coefficient (Wildman–Crippen LogP) is 8.49. The third-order valence-electron chi connectivity index (χ3n) is 9.16. The van der Waals surface area contributed by atoms with Crippen molar-refractivity contribution in [3.05, 3.63) is 131 Å². The molecule has 0 spiro atoms. The van der Waals surface area contributed by atoms with Crippen molar-refractivity contribution < 1.29 is 9.47 Å². The van der Waals surface area contributed by atoms with Crippen molar-refractivity contribution in [2.75, 3.05) is 0 Å². The van der Waals surface area contributed by atoms with Gasteiger partial charge in [-0.1, -0.05) is 96.6 Å². The normalized spacial score (nSPS) is 14.5. The van der Waals surface area contributed by atoms with E-state index in [1.807, 2.05) is 0 Å². The zero-order valence-electron chi connectivity index (χ0n) is 24.2. The van der Waals surface area contributed by atoms with Gasteiger partial charge in [0.25, 0.3) is 6.71 Å². The molecule has 5 aromatic rings. The van der Waals surface area contributed by atoms with E-state index in [0.717, 1.165) is 52.4 Å². The maximum Gasteiger partial charge on any atom is 0.260 e. The molecule has 3 aliphatic rings. The summed E-state index contributed by atoms with van der Waals surface area (Å²) in [6.45, 7) is 6.59. The van der Waals surface area contributed by atoms with Crippen LogP contribution in [0.15, 0.2) is 115 Å². The largest absolute Gasteiger partial charge is 0.458 e. The quantitative estimate of drug-likeness (QED) is 0.209. The van der Waals surface area contributed by atoms with E-state index in [9.17, 15) is 0 Å². The van der Waals surface area contributed by atoms with Crippen LogP contribution in [-0.4, -0.2) is 6.71 Å². The Kier molecular flexibility index (Phi) is 5.75. The van der Waals surface area contributed by atoms with Gasteiger partial charge in [0.15, 0.2) is 0 Å². The van der Waals surface area contributed by atoms with Crippen LogP contribution in [0.3, 0.4) is 0 Å². The third kappa shape index (κ3) is 3.80. The summed E-state index contributed by atoms with van der Waals surface area (Å²) in [5.41, 5.74) is 14.5. The molecule has 0 N–H and O–H groups in total. The standard InChI is InChI=1S/C39H31BO2/c1-24-11-4-7-14-28(24)27-19-21-35-34(23-27)40-33-18-10-17-31(29-15-8-5-12-25(29)2)38(33)42-39-32(20-22-36(41-35)37(39)40)30-16-9-6-13-26(30)3/h4,6-11,13-23H,5,12H2,1-3H3. The Hall–Kier alpha value is -4.76. The lowest BCUT2D eigenvalue weighted by Crippen LogP contribution is -2.57. The van der Waals surface area contributed by atoms with Gasteiger partial charge in [0.1, 0.15) is 23.0 Å². The highest BCUT2D eigenvalue weighted by Crippen LogP contribution is 2.44. The summed E-state index contributed by atoms with van der Waals surface area (Å²) < 4.78 is 13.7. The average molecular weight is 542 g/mol. The van der Waals surface area contributed by atoms with Crippen molar-refractivity contribution >= 4 is 28.7 Å². The maximum atomic E-state index is 7.10. The lowest BCUT2D eigenvalue weighted by Gasteiger charge is -2.35. The molecule has 0 radical (unpaired) electrons. The first kappa shape index (κ1) is 25.0. The maximum absolute atomic E-state index is 7.10.